The zero-order valence-corrected chi connectivity index (χ0v) is 22.4. The molecular formula is C29H36FN3O5. The molecule has 2 fully saturated rings. The number of hydrogen-bond acceptors (Lipinski definition) is 7. The molecule has 0 unspecified atom stereocenters. The van der Waals surface area contributed by atoms with Gasteiger partial charge in [-0.3, -0.25) is 4.79 Å². The highest BCUT2D eigenvalue weighted by molar-refractivity contribution is 5.85. The normalized spacial score (nSPS) is 26.1. The van der Waals surface area contributed by atoms with E-state index in [1.165, 1.54) is 12.1 Å². The summed E-state index contributed by atoms with van der Waals surface area (Å²) in [4.78, 5) is 15.7. The summed E-state index contributed by atoms with van der Waals surface area (Å²) >= 11 is 0. The van der Waals surface area contributed by atoms with Crippen LogP contribution >= 0.6 is 0 Å². The first-order valence-corrected chi connectivity index (χ1v) is 12.9. The molecule has 0 aromatic heterocycles. The van der Waals surface area contributed by atoms with E-state index in [1.54, 1.807) is 18.2 Å². The van der Waals surface area contributed by atoms with Crippen molar-refractivity contribution in [2.24, 2.45) is 0 Å². The van der Waals surface area contributed by atoms with Crippen molar-refractivity contribution >= 4 is 5.91 Å². The molecule has 38 heavy (non-hydrogen) atoms. The van der Waals surface area contributed by atoms with E-state index in [1.807, 2.05) is 51.0 Å². The van der Waals surface area contributed by atoms with Gasteiger partial charge in [0, 0.05) is 25.9 Å². The van der Waals surface area contributed by atoms with Crippen LogP contribution in [-0.2, 0) is 37.0 Å². The Morgan fingerprint density at radius 1 is 1.13 bits per heavy atom. The van der Waals surface area contributed by atoms with Crippen LogP contribution in [0.15, 0.2) is 48.5 Å². The van der Waals surface area contributed by atoms with Crippen LogP contribution in [0.5, 0.6) is 0 Å². The average molecular weight is 526 g/mol. The lowest BCUT2D eigenvalue weighted by molar-refractivity contribution is -0.183. The Morgan fingerprint density at radius 3 is 2.58 bits per heavy atom. The third kappa shape index (κ3) is 6.76. The zero-order chi connectivity index (χ0) is 27.3. The summed E-state index contributed by atoms with van der Waals surface area (Å²) in [5.41, 5.74) is 0.774. The number of carbonyl (C=O) groups excluding carboxylic acids is 1. The van der Waals surface area contributed by atoms with Gasteiger partial charge in [-0.05, 0) is 57.3 Å². The van der Waals surface area contributed by atoms with Crippen molar-refractivity contribution in [3.8, 4) is 6.07 Å². The molecule has 1 aliphatic carbocycles. The van der Waals surface area contributed by atoms with Gasteiger partial charge in [-0.1, -0.05) is 30.3 Å². The summed E-state index contributed by atoms with van der Waals surface area (Å²) in [7, 11) is 3.87. The van der Waals surface area contributed by atoms with Gasteiger partial charge in [0.2, 0.25) is 0 Å². The van der Waals surface area contributed by atoms with Gasteiger partial charge in [-0.2, -0.15) is 5.26 Å². The number of benzene rings is 2. The number of nitriles is 1. The number of rotatable bonds is 10. The standard InChI is InChI=1S/C29H36FN3O5/c1-28(2)37-25-16-29(27(34)32-13-14-33(3)4,36-18-20-9-11-23(30)12-10-20)15-24(26(25)38-28)35-19-22-8-6-5-7-21(22)17-31/h5-12,24-26H,13-16,18-19H2,1-4H3,(H,32,34)/t24-,25-,26+,29-/m1/s1. The van der Waals surface area contributed by atoms with E-state index >= 15 is 0 Å². The molecule has 0 radical (unpaired) electrons. The lowest BCUT2D eigenvalue weighted by atomic mass is 9.78. The minimum atomic E-state index is -1.26. The molecule has 1 saturated heterocycles. The molecule has 4 atom stereocenters. The van der Waals surface area contributed by atoms with Gasteiger partial charge in [0.25, 0.3) is 5.91 Å². The molecule has 1 aliphatic heterocycles. The van der Waals surface area contributed by atoms with Crippen LogP contribution in [0.25, 0.3) is 0 Å². The zero-order valence-electron chi connectivity index (χ0n) is 22.4. The van der Waals surface area contributed by atoms with E-state index in [-0.39, 0.29) is 37.8 Å². The summed E-state index contributed by atoms with van der Waals surface area (Å²) in [6, 6.07) is 15.5. The number of ether oxygens (including phenoxy) is 4. The molecule has 2 aromatic rings. The van der Waals surface area contributed by atoms with Crippen molar-refractivity contribution in [2.75, 3.05) is 27.2 Å². The second kappa shape index (κ2) is 11.9. The van der Waals surface area contributed by atoms with Crippen molar-refractivity contribution in [1.82, 2.24) is 10.2 Å². The minimum absolute atomic E-state index is 0.118. The quantitative estimate of drug-likeness (QED) is 0.507. The Morgan fingerprint density at radius 2 is 1.87 bits per heavy atom. The highest BCUT2D eigenvalue weighted by Gasteiger charge is 2.58. The molecule has 9 heteroatoms. The number of nitrogens with zero attached hydrogens (tertiary/aromatic N) is 2. The van der Waals surface area contributed by atoms with Crippen LogP contribution in [0.4, 0.5) is 4.39 Å². The summed E-state index contributed by atoms with van der Waals surface area (Å²) in [5.74, 6) is -1.44. The van der Waals surface area contributed by atoms with Gasteiger partial charge in [0.05, 0.1) is 37.1 Å². The third-order valence-corrected chi connectivity index (χ3v) is 6.93. The molecule has 2 aromatic carbocycles. The smallest absolute Gasteiger partial charge is 0.252 e. The second-order valence-corrected chi connectivity index (χ2v) is 10.6. The van der Waals surface area contributed by atoms with Crippen molar-refractivity contribution < 1.29 is 28.1 Å². The van der Waals surface area contributed by atoms with Crippen LogP contribution in [0.3, 0.4) is 0 Å². The van der Waals surface area contributed by atoms with E-state index in [2.05, 4.69) is 11.4 Å². The van der Waals surface area contributed by atoms with E-state index in [0.29, 0.717) is 18.7 Å². The van der Waals surface area contributed by atoms with Gasteiger partial charge in [-0.15, -0.1) is 0 Å². The predicted molar refractivity (Wildman–Crippen MR) is 138 cm³/mol. The highest BCUT2D eigenvalue weighted by Crippen LogP contribution is 2.44. The number of amides is 1. The van der Waals surface area contributed by atoms with Crippen LogP contribution in [0.2, 0.25) is 0 Å². The molecular weight excluding hydrogens is 489 g/mol. The molecule has 1 N–H and O–H groups in total. The molecule has 2 aliphatic rings. The average Bonchev–Trinajstić information content (AvgIpc) is 3.20. The maximum absolute atomic E-state index is 13.7. The molecule has 0 bridgehead atoms. The predicted octanol–water partition coefficient (Wildman–Crippen LogP) is 3.53. The van der Waals surface area contributed by atoms with Gasteiger partial charge in [0.15, 0.2) is 11.4 Å². The lowest BCUT2D eigenvalue weighted by Gasteiger charge is -2.43. The fourth-order valence-corrected chi connectivity index (χ4v) is 5.02. The fraction of sp³-hybridized carbons (Fsp3) is 0.517. The van der Waals surface area contributed by atoms with Crippen LogP contribution < -0.4 is 5.32 Å². The van der Waals surface area contributed by atoms with Crippen molar-refractivity contribution in [3.63, 3.8) is 0 Å². The number of hydrogen-bond donors (Lipinski definition) is 1. The van der Waals surface area contributed by atoms with Crippen molar-refractivity contribution in [3.05, 3.63) is 71.0 Å². The SMILES string of the molecule is CN(C)CCNC(=O)[C@@]1(OCc2ccc(F)cc2)C[C@@H](OCc2ccccc2C#N)[C@@H]2OC(C)(C)O[C@@H]2C1. The van der Waals surface area contributed by atoms with E-state index in [4.69, 9.17) is 18.9 Å². The first-order valence-electron chi connectivity index (χ1n) is 12.9. The summed E-state index contributed by atoms with van der Waals surface area (Å²) in [6.07, 6.45) is -0.864. The molecule has 1 amide bonds. The molecule has 8 nitrogen and oxygen atoms in total. The lowest BCUT2D eigenvalue weighted by Crippen LogP contribution is -2.60. The van der Waals surface area contributed by atoms with E-state index < -0.39 is 29.7 Å². The third-order valence-electron chi connectivity index (χ3n) is 6.93. The Bertz CT molecular complexity index is 1150. The number of halogens is 1. The van der Waals surface area contributed by atoms with E-state index in [0.717, 1.165) is 11.1 Å². The topological polar surface area (TPSA) is 93.1 Å². The second-order valence-electron chi connectivity index (χ2n) is 10.6. The number of nitrogens with one attached hydrogen (secondary N) is 1. The Balaban J connectivity index is 1.60. The molecule has 0 spiro atoms. The molecule has 1 heterocycles. The van der Waals surface area contributed by atoms with Gasteiger partial charge in [0.1, 0.15) is 11.9 Å². The summed E-state index contributed by atoms with van der Waals surface area (Å²) < 4.78 is 38.7. The highest BCUT2D eigenvalue weighted by atomic mass is 19.1. The van der Waals surface area contributed by atoms with Gasteiger partial charge in [-0.25, -0.2) is 4.39 Å². The van der Waals surface area contributed by atoms with E-state index in [9.17, 15) is 14.4 Å². The number of fused-ring (bicyclic) bond motifs is 1. The monoisotopic (exact) mass is 525 g/mol. The van der Waals surface area contributed by atoms with Crippen LogP contribution in [0, 0.1) is 17.1 Å². The molecule has 1 saturated carbocycles. The maximum atomic E-state index is 13.7. The maximum Gasteiger partial charge on any atom is 0.252 e. The van der Waals surface area contributed by atoms with Crippen LogP contribution in [-0.4, -0.2) is 67.7 Å². The summed E-state index contributed by atoms with van der Waals surface area (Å²) in [6.45, 7) is 5.09. The van der Waals surface area contributed by atoms with Crippen molar-refractivity contribution in [2.45, 2.75) is 69.6 Å². The fourth-order valence-electron chi connectivity index (χ4n) is 5.02. The molecule has 4 rings (SSSR count). The van der Waals surface area contributed by atoms with Gasteiger partial charge >= 0.3 is 0 Å². The Labute approximate surface area is 223 Å². The largest absolute Gasteiger partial charge is 0.371 e. The summed E-state index contributed by atoms with van der Waals surface area (Å²) in [5, 5.41) is 12.5. The van der Waals surface area contributed by atoms with Crippen LogP contribution in [0.1, 0.15) is 43.4 Å². The van der Waals surface area contributed by atoms with Crippen molar-refractivity contribution in [1.29, 1.82) is 5.26 Å². The first kappa shape index (κ1) is 28.1. The Hall–Kier alpha value is -2.87. The Kier molecular flexibility index (Phi) is 8.81. The van der Waals surface area contributed by atoms with Gasteiger partial charge < -0.3 is 29.2 Å². The minimum Gasteiger partial charge on any atom is -0.371 e. The number of carbonyl (C=O) groups is 1. The first-order chi connectivity index (χ1) is 18.1. The number of likely N-dealkylation sites (N-methyl/N-ethyl adjacent to an activating group) is 1. The molecule has 204 valence electrons.